The lowest BCUT2D eigenvalue weighted by atomic mass is 10.3. The highest BCUT2D eigenvalue weighted by molar-refractivity contribution is 8.21. The molecule has 0 aliphatic carbocycles. The fourth-order valence-electron chi connectivity index (χ4n) is 1.65. The average molecular weight is 310 g/mol. The predicted octanol–water partition coefficient (Wildman–Crippen LogP) is 0.885. The average Bonchev–Trinajstić information content (AvgIpc) is 2.86. The van der Waals surface area contributed by atoms with E-state index in [2.05, 4.69) is 0 Å². The summed E-state index contributed by atoms with van der Waals surface area (Å²) < 4.78 is 19.7. The molecule has 0 amide bonds. The minimum atomic E-state index is -0.554. The first-order valence-corrected chi connectivity index (χ1v) is 7.48. The first kappa shape index (κ1) is 16.6. The van der Waals surface area contributed by atoms with E-state index in [4.69, 9.17) is 18.9 Å². The lowest BCUT2D eigenvalue weighted by Crippen LogP contribution is -2.33. The first-order valence-electron chi connectivity index (χ1n) is 5.59. The standard InChI is InChI=1S/C11H18O6S2/c1-14-6(15-2)5-7-18-8(10(12)16-3)9(19-7)11(13)17-4/h6-9H,5H2,1-4H3/t7?,8-,9+. The number of rotatable bonds is 6. The Hall–Kier alpha value is -0.440. The molecule has 1 saturated heterocycles. The van der Waals surface area contributed by atoms with Crippen LogP contribution in [0.2, 0.25) is 0 Å². The van der Waals surface area contributed by atoms with E-state index in [1.54, 1.807) is 14.2 Å². The van der Waals surface area contributed by atoms with Crippen LogP contribution in [0.15, 0.2) is 0 Å². The molecule has 8 heteroatoms. The SMILES string of the molecule is COC(=O)[C@H]1SC(CC(OC)OC)S[C@H]1C(=O)OC. The van der Waals surface area contributed by atoms with E-state index in [0.717, 1.165) is 0 Å². The Morgan fingerprint density at radius 2 is 1.37 bits per heavy atom. The zero-order chi connectivity index (χ0) is 14.4. The van der Waals surface area contributed by atoms with Gasteiger partial charge in [-0.1, -0.05) is 0 Å². The molecule has 3 atom stereocenters. The van der Waals surface area contributed by atoms with Crippen LogP contribution in [0.4, 0.5) is 0 Å². The second kappa shape index (κ2) is 7.98. The van der Waals surface area contributed by atoms with Crippen molar-refractivity contribution in [1.82, 2.24) is 0 Å². The summed E-state index contributed by atoms with van der Waals surface area (Å²) in [7, 11) is 5.72. The summed E-state index contributed by atoms with van der Waals surface area (Å²) >= 11 is 2.76. The number of carbonyl (C=O) groups excluding carboxylic acids is 2. The van der Waals surface area contributed by atoms with Crippen molar-refractivity contribution in [2.24, 2.45) is 0 Å². The van der Waals surface area contributed by atoms with Crippen molar-refractivity contribution in [2.45, 2.75) is 27.8 Å². The van der Waals surface area contributed by atoms with E-state index in [9.17, 15) is 9.59 Å². The summed E-state index contributed by atoms with van der Waals surface area (Å²) in [5.41, 5.74) is 0. The van der Waals surface area contributed by atoms with Crippen LogP contribution in [0.25, 0.3) is 0 Å². The summed E-state index contributed by atoms with van der Waals surface area (Å²) in [6, 6.07) is 0. The fraction of sp³-hybridized carbons (Fsp3) is 0.818. The normalized spacial score (nSPS) is 26.5. The van der Waals surface area contributed by atoms with Crippen LogP contribution in [0.3, 0.4) is 0 Å². The van der Waals surface area contributed by atoms with Crippen LogP contribution in [0.1, 0.15) is 6.42 Å². The van der Waals surface area contributed by atoms with Gasteiger partial charge in [0.15, 0.2) is 6.29 Å². The summed E-state index contributed by atoms with van der Waals surface area (Å²) in [5, 5.41) is -1.11. The Kier molecular flexibility index (Phi) is 6.98. The van der Waals surface area contributed by atoms with E-state index in [1.165, 1.54) is 37.7 Å². The number of esters is 2. The molecule has 0 aromatic carbocycles. The predicted molar refractivity (Wildman–Crippen MR) is 73.0 cm³/mol. The van der Waals surface area contributed by atoms with Gasteiger partial charge in [0, 0.05) is 20.6 Å². The van der Waals surface area contributed by atoms with Crippen LogP contribution < -0.4 is 0 Å². The van der Waals surface area contributed by atoms with E-state index in [0.29, 0.717) is 6.42 Å². The molecule has 0 N–H and O–H groups in total. The second-order valence-corrected chi connectivity index (χ2v) is 6.72. The van der Waals surface area contributed by atoms with Crippen LogP contribution in [0.5, 0.6) is 0 Å². The number of hydrogen-bond acceptors (Lipinski definition) is 8. The van der Waals surface area contributed by atoms with Gasteiger partial charge >= 0.3 is 11.9 Å². The molecule has 0 radical (unpaired) electrons. The zero-order valence-corrected chi connectivity index (χ0v) is 12.9. The molecule has 19 heavy (non-hydrogen) atoms. The van der Waals surface area contributed by atoms with Gasteiger partial charge in [-0.2, -0.15) is 0 Å². The van der Waals surface area contributed by atoms with Gasteiger partial charge in [0.1, 0.15) is 10.5 Å². The molecule has 1 heterocycles. The van der Waals surface area contributed by atoms with Crippen molar-refractivity contribution in [2.75, 3.05) is 28.4 Å². The molecule has 1 unspecified atom stereocenters. The van der Waals surface area contributed by atoms with Crippen LogP contribution in [0, 0.1) is 0 Å². The first-order chi connectivity index (χ1) is 9.07. The third kappa shape index (κ3) is 4.27. The number of thioether (sulfide) groups is 2. The molecule has 0 bridgehead atoms. The van der Waals surface area contributed by atoms with Crippen LogP contribution in [-0.4, -0.2) is 61.7 Å². The molecule has 0 spiro atoms. The van der Waals surface area contributed by atoms with Gasteiger partial charge in [-0.15, -0.1) is 23.5 Å². The lowest BCUT2D eigenvalue weighted by molar-refractivity contribution is -0.145. The van der Waals surface area contributed by atoms with E-state index in [-0.39, 0.29) is 10.9 Å². The zero-order valence-electron chi connectivity index (χ0n) is 11.3. The topological polar surface area (TPSA) is 71.1 Å². The third-order valence-electron chi connectivity index (χ3n) is 2.65. The maximum Gasteiger partial charge on any atom is 0.320 e. The highest BCUT2D eigenvalue weighted by atomic mass is 32.2. The van der Waals surface area contributed by atoms with Crippen molar-refractivity contribution in [3.8, 4) is 0 Å². The number of methoxy groups -OCH3 is 4. The van der Waals surface area contributed by atoms with Crippen molar-refractivity contribution >= 4 is 35.5 Å². The van der Waals surface area contributed by atoms with Gasteiger partial charge in [-0.05, 0) is 0 Å². The Morgan fingerprint density at radius 3 is 1.68 bits per heavy atom. The van der Waals surface area contributed by atoms with E-state index < -0.39 is 22.4 Å². The van der Waals surface area contributed by atoms with E-state index >= 15 is 0 Å². The molecule has 0 aromatic heterocycles. The van der Waals surface area contributed by atoms with Crippen LogP contribution in [-0.2, 0) is 28.5 Å². The van der Waals surface area contributed by atoms with Crippen molar-refractivity contribution in [3.63, 3.8) is 0 Å². The molecule has 6 nitrogen and oxygen atoms in total. The lowest BCUT2D eigenvalue weighted by Gasteiger charge is -2.16. The van der Waals surface area contributed by atoms with Crippen molar-refractivity contribution in [1.29, 1.82) is 0 Å². The Bertz CT molecular complexity index is 296. The number of hydrogen-bond donors (Lipinski definition) is 0. The minimum absolute atomic E-state index is 0.0121. The third-order valence-corrected chi connectivity index (χ3v) is 6.00. The minimum Gasteiger partial charge on any atom is -0.468 e. The van der Waals surface area contributed by atoms with Gasteiger partial charge in [-0.25, -0.2) is 0 Å². The Balaban J connectivity index is 2.70. The summed E-state index contributed by atoms with van der Waals surface area (Å²) in [6.45, 7) is 0. The molecule has 1 fully saturated rings. The highest BCUT2D eigenvalue weighted by Crippen LogP contribution is 2.46. The summed E-state index contributed by atoms with van der Waals surface area (Å²) in [4.78, 5) is 23.4. The summed E-state index contributed by atoms with van der Waals surface area (Å²) in [5.74, 6) is -0.830. The number of ether oxygens (including phenoxy) is 4. The second-order valence-electron chi connectivity index (χ2n) is 3.73. The monoisotopic (exact) mass is 310 g/mol. The molecule has 1 aliphatic heterocycles. The molecule has 0 saturated carbocycles. The Morgan fingerprint density at radius 1 is 0.947 bits per heavy atom. The van der Waals surface area contributed by atoms with Crippen LogP contribution >= 0.6 is 23.5 Å². The molecular formula is C11H18O6S2. The molecular weight excluding hydrogens is 292 g/mol. The maximum atomic E-state index is 11.7. The smallest absolute Gasteiger partial charge is 0.320 e. The van der Waals surface area contributed by atoms with Gasteiger partial charge in [0.25, 0.3) is 0 Å². The molecule has 110 valence electrons. The molecule has 1 aliphatic rings. The van der Waals surface area contributed by atoms with E-state index in [1.807, 2.05) is 0 Å². The maximum absolute atomic E-state index is 11.7. The Labute approximate surface area is 120 Å². The highest BCUT2D eigenvalue weighted by Gasteiger charge is 2.46. The number of carbonyl (C=O) groups is 2. The van der Waals surface area contributed by atoms with Gasteiger partial charge in [-0.3, -0.25) is 9.59 Å². The summed E-state index contributed by atoms with van der Waals surface area (Å²) in [6.07, 6.45) is 0.211. The fourth-order valence-corrected chi connectivity index (χ4v) is 5.12. The van der Waals surface area contributed by atoms with Gasteiger partial charge in [0.05, 0.1) is 18.8 Å². The largest absolute Gasteiger partial charge is 0.468 e. The van der Waals surface area contributed by atoms with Crippen molar-refractivity contribution in [3.05, 3.63) is 0 Å². The quantitative estimate of drug-likeness (QED) is 0.529. The van der Waals surface area contributed by atoms with Gasteiger partial charge < -0.3 is 18.9 Å². The van der Waals surface area contributed by atoms with Gasteiger partial charge in [0.2, 0.25) is 0 Å². The molecule has 1 rings (SSSR count). The molecule has 0 aromatic rings. The van der Waals surface area contributed by atoms with Crippen molar-refractivity contribution < 1.29 is 28.5 Å².